The van der Waals surface area contributed by atoms with E-state index < -0.39 is 24.4 Å². The molecule has 3 fully saturated rings. The number of fused-ring (bicyclic) bond motifs is 2. The van der Waals surface area contributed by atoms with Crippen molar-refractivity contribution in [2.24, 2.45) is 11.8 Å². The van der Waals surface area contributed by atoms with Crippen molar-refractivity contribution in [2.75, 3.05) is 23.3 Å². The van der Waals surface area contributed by atoms with Crippen LogP contribution in [0.5, 0.6) is 0 Å². The molecule has 0 spiro atoms. The van der Waals surface area contributed by atoms with Crippen LogP contribution in [0, 0.1) is 18.0 Å². The van der Waals surface area contributed by atoms with Gasteiger partial charge in [0.25, 0.3) is 0 Å². The maximum absolute atomic E-state index is 10.6. The molecule has 7 rings (SSSR count). The first-order valence-electron chi connectivity index (χ1n) is 14.0. The second kappa shape index (κ2) is 11.5. The third kappa shape index (κ3) is 4.98. The molecule has 221 valence electrons. The average molecular weight is 673 g/mol. The number of nitrogens with zero attached hydrogens (tertiary/aromatic N) is 9. The summed E-state index contributed by atoms with van der Waals surface area (Å²) in [6, 6.07) is -0.694. The molecule has 14 nitrogen and oxygen atoms in total. The first kappa shape index (κ1) is 30.0. The normalized spacial score (nSPS) is 33.1. The second-order valence-electron chi connectivity index (χ2n) is 11.7. The number of anilines is 2. The Hall–Kier alpha value is -2.07. The Balaban J connectivity index is 0.00000316. The van der Waals surface area contributed by atoms with Crippen LogP contribution in [0.15, 0.2) is 12.7 Å². The summed E-state index contributed by atoms with van der Waals surface area (Å²) in [5, 5.41) is 45.2. The van der Waals surface area contributed by atoms with Gasteiger partial charge in [0.1, 0.15) is 12.1 Å². The Morgan fingerprint density at radius 1 is 0.881 bits per heavy atom. The Morgan fingerprint density at radius 2 is 1.52 bits per heavy atom. The Morgan fingerprint density at radius 3 is 2.17 bits per heavy atom. The monoisotopic (exact) mass is 672 g/mol. The molecule has 5 heterocycles. The van der Waals surface area contributed by atoms with Crippen molar-refractivity contribution in [3.63, 3.8) is 0 Å². The molecular weight excluding hydrogens is 641 g/mol. The van der Waals surface area contributed by atoms with E-state index in [0.717, 1.165) is 6.42 Å². The van der Waals surface area contributed by atoms with Gasteiger partial charge in [0.15, 0.2) is 17.0 Å². The van der Waals surface area contributed by atoms with Crippen LogP contribution in [0.3, 0.4) is 0 Å². The summed E-state index contributed by atoms with van der Waals surface area (Å²) in [4.78, 5) is 28.9. The second-order valence-corrected chi connectivity index (χ2v) is 12.1. The molecule has 4 aromatic heterocycles. The fourth-order valence-corrected chi connectivity index (χ4v) is 6.81. The van der Waals surface area contributed by atoms with E-state index in [0.29, 0.717) is 60.0 Å². The van der Waals surface area contributed by atoms with Gasteiger partial charge in [-0.3, -0.25) is 4.98 Å². The van der Waals surface area contributed by atoms with Crippen LogP contribution in [-0.2, 0) is 32.7 Å². The van der Waals surface area contributed by atoms with E-state index in [2.05, 4.69) is 36.4 Å². The molecule has 16 heteroatoms. The number of hydrogen-bond acceptors (Lipinski definition) is 12. The van der Waals surface area contributed by atoms with Crippen molar-refractivity contribution in [3.05, 3.63) is 24.1 Å². The van der Waals surface area contributed by atoms with Crippen molar-refractivity contribution in [1.29, 1.82) is 0 Å². The number of aliphatic hydroxyl groups excluding tert-OH is 4. The molecule has 9 atom stereocenters. The molecule has 1 radical (unpaired) electrons. The van der Waals surface area contributed by atoms with Crippen molar-refractivity contribution in [3.8, 4) is 0 Å². The third-order valence-electron chi connectivity index (χ3n) is 9.04. The molecule has 2 saturated carbocycles. The number of halogens is 1. The predicted molar refractivity (Wildman–Crippen MR) is 148 cm³/mol. The zero-order valence-corrected chi connectivity index (χ0v) is 26.7. The first-order chi connectivity index (χ1) is 19.7. The minimum absolute atomic E-state index is 0. The van der Waals surface area contributed by atoms with Crippen molar-refractivity contribution < 1.29 is 53.1 Å². The van der Waals surface area contributed by atoms with Gasteiger partial charge in [-0.15, -0.1) is 0 Å². The van der Waals surface area contributed by atoms with Gasteiger partial charge in [0, 0.05) is 63.0 Å². The molecule has 2 aliphatic carbocycles. The number of aliphatic hydroxyl groups is 4. The van der Waals surface area contributed by atoms with Gasteiger partial charge in [-0.25, -0.2) is 4.98 Å². The number of aromatic nitrogens is 8. The van der Waals surface area contributed by atoms with E-state index in [9.17, 15) is 20.4 Å². The zero-order valence-electron chi connectivity index (χ0n) is 23.2. The molecule has 5 N–H and O–H groups in total. The zero-order chi connectivity index (χ0) is 28.6. The van der Waals surface area contributed by atoms with Gasteiger partial charge in [-0.05, 0) is 48.9 Å². The molecule has 42 heavy (non-hydrogen) atoms. The average Bonchev–Trinajstić information content (AvgIpc) is 3.77. The van der Waals surface area contributed by atoms with E-state index in [-0.39, 0.29) is 68.0 Å². The summed E-state index contributed by atoms with van der Waals surface area (Å²) in [5.41, 5.74) is 2.11. The van der Waals surface area contributed by atoms with Crippen molar-refractivity contribution >= 4 is 45.7 Å². The first-order valence-corrected chi connectivity index (χ1v) is 14.3. The quantitative estimate of drug-likeness (QED) is 0.148. The summed E-state index contributed by atoms with van der Waals surface area (Å²) >= 11 is 6.31. The van der Waals surface area contributed by atoms with Crippen LogP contribution >= 0.6 is 11.6 Å². The molecular formula is C26H32ClN10O4Y-. The maximum atomic E-state index is 10.6. The molecule has 0 aromatic carbocycles. The molecule has 0 bridgehead atoms. The van der Waals surface area contributed by atoms with Crippen LogP contribution in [0.2, 0.25) is 5.28 Å². The molecule has 0 amide bonds. The van der Waals surface area contributed by atoms with Gasteiger partial charge >= 0.3 is 0 Å². The number of nitrogens with one attached hydrogen (secondary N) is 1. The minimum Gasteiger partial charge on any atom is -0.392 e. The summed E-state index contributed by atoms with van der Waals surface area (Å²) in [7, 11) is 0. The fourth-order valence-electron chi connectivity index (χ4n) is 6.64. The van der Waals surface area contributed by atoms with Crippen molar-refractivity contribution in [1.82, 2.24) is 39.0 Å². The van der Waals surface area contributed by atoms with E-state index >= 15 is 0 Å². The largest absolute Gasteiger partial charge is 0.392 e. The SMILES string of the molecule is C[C@H]1C[C@@H](n2cnc3[c-]nc(N4CC[C@H](Nc5nc(Cl)nc6c5ncn6[C@@H]5C[C@H](C)[C@H](O)[C@@H]5O)C4)nc32)[C@@H](O)[C@H]1O.[Y]. The summed E-state index contributed by atoms with van der Waals surface area (Å²) in [6.07, 6.45) is 4.78. The summed E-state index contributed by atoms with van der Waals surface area (Å²) in [5.74, 6) is 0.913. The van der Waals surface area contributed by atoms with Crippen LogP contribution in [0.4, 0.5) is 11.8 Å². The summed E-state index contributed by atoms with van der Waals surface area (Å²) in [6.45, 7) is 5.10. The molecule has 1 aliphatic heterocycles. The third-order valence-corrected chi connectivity index (χ3v) is 9.21. The Bertz CT molecular complexity index is 1600. The smallest absolute Gasteiger partial charge is 0.226 e. The topological polar surface area (TPSA) is 183 Å². The van der Waals surface area contributed by atoms with E-state index in [1.165, 1.54) is 0 Å². The van der Waals surface area contributed by atoms with Crippen LogP contribution in [0.25, 0.3) is 22.3 Å². The van der Waals surface area contributed by atoms with Crippen LogP contribution < -0.4 is 10.2 Å². The number of hydrogen-bond donors (Lipinski definition) is 5. The van der Waals surface area contributed by atoms with Gasteiger partial charge in [0.2, 0.25) is 5.28 Å². The van der Waals surface area contributed by atoms with Gasteiger partial charge in [-0.1, -0.05) is 13.8 Å². The molecule has 3 aliphatic rings. The minimum atomic E-state index is -0.924. The number of imidazole rings is 2. The van der Waals surface area contributed by atoms with E-state index in [4.69, 9.17) is 16.6 Å². The van der Waals surface area contributed by atoms with Crippen LogP contribution in [0.1, 0.15) is 45.2 Å². The predicted octanol–water partition coefficient (Wildman–Crippen LogP) is 0.713. The van der Waals surface area contributed by atoms with Crippen LogP contribution in [-0.4, -0.2) is 103 Å². The van der Waals surface area contributed by atoms with Crippen molar-refractivity contribution in [2.45, 2.75) is 75.7 Å². The standard InChI is InChI=1S/C26H32ClN10O4.Y/c1-11-5-15(20(40)18(11)38)36-9-29-14-7-28-26(34-23(14)36)35-4-3-13(8-35)31-22-17-24(33-25(27)32-22)37(10-30-17)16-6-12(2)19(39)21(16)41;/h9-13,15-16,18-21,38-41H,3-6,8H2,1-2H3,(H,31,32,33);/q-1;/t11-,12-,13-,15+,16+,18-,19-,20+,21+;/m0./s1. The number of rotatable bonds is 5. The van der Waals surface area contributed by atoms with Gasteiger partial charge in [-0.2, -0.15) is 9.97 Å². The van der Waals surface area contributed by atoms with E-state index in [1.54, 1.807) is 17.2 Å². The Kier molecular flexibility index (Phi) is 8.18. The summed E-state index contributed by atoms with van der Waals surface area (Å²) < 4.78 is 3.59. The van der Waals surface area contributed by atoms with E-state index in [1.807, 2.05) is 23.3 Å². The van der Waals surface area contributed by atoms with Gasteiger partial charge < -0.3 is 49.7 Å². The Labute approximate surface area is 271 Å². The molecule has 1 saturated heterocycles. The maximum Gasteiger partial charge on any atom is 0.226 e. The van der Waals surface area contributed by atoms with Gasteiger partial charge in [0.05, 0.1) is 43.1 Å². The fraction of sp³-hybridized carbons (Fsp3) is 0.615. The molecule has 0 unspecified atom stereocenters. The molecule has 4 aromatic rings.